The van der Waals surface area contributed by atoms with Crippen LogP contribution in [-0.4, -0.2) is 35.8 Å². The van der Waals surface area contributed by atoms with E-state index in [1.54, 1.807) is 0 Å². The fourth-order valence-electron chi connectivity index (χ4n) is 2.73. The van der Waals surface area contributed by atoms with Crippen molar-refractivity contribution in [2.75, 3.05) is 19.7 Å². The molecule has 0 aliphatic heterocycles. The van der Waals surface area contributed by atoms with Crippen LogP contribution in [0, 0.1) is 12.3 Å². The SMILES string of the molecule is Cc1ccc2c(CCNC(=O)NCCCC(C)(C)CO)c[nH]c2c1. The molecule has 0 aliphatic carbocycles. The van der Waals surface area contributed by atoms with Crippen LogP contribution in [0.3, 0.4) is 0 Å². The van der Waals surface area contributed by atoms with Crippen molar-refractivity contribution in [3.63, 3.8) is 0 Å². The molecule has 5 nitrogen and oxygen atoms in total. The molecule has 2 amide bonds. The third-order valence-electron chi connectivity index (χ3n) is 4.35. The number of rotatable bonds is 8. The lowest BCUT2D eigenvalue weighted by atomic mass is 9.89. The zero-order valence-electron chi connectivity index (χ0n) is 14.9. The molecule has 0 unspecified atom stereocenters. The number of benzene rings is 1. The smallest absolute Gasteiger partial charge is 0.314 e. The summed E-state index contributed by atoms with van der Waals surface area (Å²) in [5.41, 5.74) is 3.51. The highest BCUT2D eigenvalue weighted by molar-refractivity contribution is 5.83. The van der Waals surface area contributed by atoms with Gasteiger partial charge in [0, 0.05) is 36.8 Å². The number of aliphatic hydroxyl groups excluding tert-OH is 1. The minimum Gasteiger partial charge on any atom is -0.396 e. The number of urea groups is 1. The molecule has 0 bridgehead atoms. The highest BCUT2D eigenvalue weighted by Crippen LogP contribution is 2.20. The number of nitrogens with one attached hydrogen (secondary N) is 3. The molecule has 0 spiro atoms. The van der Waals surface area contributed by atoms with Gasteiger partial charge in [0.2, 0.25) is 0 Å². The predicted octanol–water partition coefficient (Wildman–Crippen LogP) is 3.12. The highest BCUT2D eigenvalue weighted by Gasteiger charge is 2.15. The summed E-state index contributed by atoms with van der Waals surface area (Å²) in [6.07, 6.45) is 4.57. The monoisotopic (exact) mass is 331 g/mol. The Morgan fingerprint density at radius 1 is 1.25 bits per heavy atom. The number of H-pyrrole nitrogens is 1. The zero-order chi connectivity index (χ0) is 17.6. The van der Waals surface area contributed by atoms with Crippen LogP contribution in [0.5, 0.6) is 0 Å². The van der Waals surface area contributed by atoms with E-state index in [0.717, 1.165) is 24.8 Å². The summed E-state index contributed by atoms with van der Waals surface area (Å²) in [7, 11) is 0. The number of aryl methyl sites for hydroxylation is 1. The maximum atomic E-state index is 11.8. The van der Waals surface area contributed by atoms with Crippen LogP contribution in [0.15, 0.2) is 24.4 Å². The normalized spacial score (nSPS) is 11.7. The lowest BCUT2D eigenvalue weighted by Gasteiger charge is -2.21. The molecule has 0 aliphatic rings. The summed E-state index contributed by atoms with van der Waals surface area (Å²) in [5, 5.41) is 16.2. The van der Waals surface area contributed by atoms with Gasteiger partial charge in [-0.2, -0.15) is 0 Å². The van der Waals surface area contributed by atoms with Gasteiger partial charge in [-0.1, -0.05) is 26.0 Å². The van der Waals surface area contributed by atoms with Gasteiger partial charge < -0.3 is 20.7 Å². The van der Waals surface area contributed by atoms with Crippen LogP contribution in [0.1, 0.15) is 37.8 Å². The van der Waals surface area contributed by atoms with Crippen molar-refractivity contribution in [2.45, 2.75) is 40.0 Å². The standard InChI is InChI=1S/C19H29N3O2/c1-14-5-6-16-15(12-22-17(16)11-14)7-10-21-18(24)20-9-4-8-19(2,3)13-23/h5-6,11-12,22-23H,4,7-10,13H2,1-3H3,(H2,20,21,24). The molecular formula is C19H29N3O2. The fraction of sp³-hybridized carbons (Fsp3) is 0.526. The lowest BCUT2D eigenvalue weighted by molar-refractivity contribution is 0.148. The largest absolute Gasteiger partial charge is 0.396 e. The second-order valence-electron chi connectivity index (χ2n) is 7.22. The van der Waals surface area contributed by atoms with E-state index >= 15 is 0 Å². The van der Waals surface area contributed by atoms with Crippen molar-refractivity contribution >= 4 is 16.9 Å². The summed E-state index contributed by atoms with van der Waals surface area (Å²) in [6, 6.07) is 6.23. The first-order chi connectivity index (χ1) is 11.4. The molecule has 2 rings (SSSR count). The molecule has 1 aromatic carbocycles. The minimum atomic E-state index is -0.132. The van der Waals surface area contributed by atoms with Gasteiger partial charge >= 0.3 is 6.03 Å². The Morgan fingerprint density at radius 3 is 2.75 bits per heavy atom. The van der Waals surface area contributed by atoms with E-state index in [1.165, 1.54) is 16.5 Å². The van der Waals surface area contributed by atoms with Crippen molar-refractivity contribution in [3.05, 3.63) is 35.5 Å². The van der Waals surface area contributed by atoms with Crippen molar-refractivity contribution in [2.24, 2.45) is 5.41 Å². The number of aromatic amines is 1. The summed E-state index contributed by atoms with van der Waals surface area (Å²) >= 11 is 0. The Hall–Kier alpha value is -2.01. The fourth-order valence-corrected chi connectivity index (χ4v) is 2.73. The molecule has 5 heteroatoms. The van der Waals surface area contributed by atoms with Gasteiger partial charge in [0.15, 0.2) is 0 Å². The first-order valence-corrected chi connectivity index (χ1v) is 8.60. The molecule has 0 radical (unpaired) electrons. The first kappa shape index (κ1) is 18.3. The van der Waals surface area contributed by atoms with E-state index in [9.17, 15) is 9.90 Å². The molecule has 1 heterocycles. The first-order valence-electron chi connectivity index (χ1n) is 8.60. The predicted molar refractivity (Wildman–Crippen MR) is 98.2 cm³/mol. The molecule has 4 N–H and O–H groups in total. The van der Waals surface area contributed by atoms with Crippen molar-refractivity contribution in [3.8, 4) is 0 Å². The van der Waals surface area contributed by atoms with Crippen LogP contribution in [0.2, 0.25) is 0 Å². The quantitative estimate of drug-likeness (QED) is 0.561. The van der Waals surface area contributed by atoms with E-state index in [-0.39, 0.29) is 18.1 Å². The van der Waals surface area contributed by atoms with Gasteiger partial charge in [0.25, 0.3) is 0 Å². The topological polar surface area (TPSA) is 77.2 Å². The van der Waals surface area contributed by atoms with Crippen LogP contribution in [0.25, 0.3) is 10.9 Å². The van der Waals surface area contributed by atoms with Crippen molar-refractivity contribution in [1.29, 1.82) is 0 Å². The third-order valence-corrected chi connectivity index (χ3v) is 4.35. The number of carbonyl (C=O) groups excluding carboxylic acids is 1. The molecule has 1 aromatic heterocycles. The Labute approximate surface area is 143 Å². The zero-order valence-corrected chi connectivity index (χ0v) is 14.9. The summed E-state index contributed by atoms with van der Waals surface area (Å²) < 4.78 is 0. The molecule has 0 atom stereocenters. The van der Waals surface area contributed by atoms with Gasteiger partial charge in [-0.3, -0.25) is 0 Å². The number of fused-ring (bicyclic) bond motifs is 1. The average Bonchev–Trinajstić information content (AvgIpc) is 2.94. The van der Waals surface area contributed by atoms with E-state index in [0.29, 0.717) is 13.1 Å². The highest BCUT2D eigenvalue weighted by atomic mass is 16.3. The maximum Gasteiger partial charge on any atom is 0.314 e. The van der Waals surface area contributed by atoms with Gasteiger partial charge in [0.1, 0.15) is 0 Å². The Morgan fingerprint density at radius 2 is 2.00 bits per heavy atom. The summed E-state index contributed by atoms with van der Waals surface area (Å²) in [5.74, 6) is 0. The molecule has 0 saturated carbocycles. The van der Waals surface area contributed by atoms with Crippen LogP contribution < -0.4 is 10.6 Å². The van der Waals surface area contributed by atoms with Gasteiger partial charge in [-0.25, -0.2) is 4.79 Å². The Bertz CT molecular complexity index is 676. The Kier molecular flexibility index (Phi) is 6.26. The summed E-state index contributed by atoms with van der Waals surface area (Å²) in [4.78, 5) is 15.1. The minimum absolute atomic E-state index is 0.0775. The van der Waals surface area contributed by atoms with Crippen LogP contribution in [0.4, 0.5) is 4.79 Å². The van der Waals surface area contributed by atoms with Crippen molar-refractivity contribution in [1.82, 2.24) is 15.6 Å². The maximum absolute atomic E-state index is 11.8. The number of amides is 2. The number of hydrogen-bond acceptors (Lipinski definition) is 2. The average molecular weight is 331 g/mol. The third kappa shape index (κ3) is 5.27. The molecule has 132 valence electrons. The molecule has 2 aromatic rings. The van der Waals surface area contributed by atoms with Crippen molar-refractivity contribution < 1.29 is 9.90 Å². The number of hydrogen-bond donors (Lipinski definition) is 4. The molecule has 0 fully saturated rings. The molecular weight excluding hydrogens is 302 g/mol. The van der Waals surface area contributed by atoms with Crippen LogP contribution in [-0.2, 0) is 6.42 Å². The summed E-state index contributed by atoms with van der Waals surface area (Å²) in [6.45, 7) is 7.53. The van der Waals surface area contributed by atoms with Gasteiger partial charge in [-0.05, 0) is 48.8 Å². The lowest BCUT2D eigenvalue weighted by Crippen LogP contribution is -2.37. The van der Waals surface area contributed by atoms with E-state index in [2.05, 4.69) is 40.7 Å². The number of carbonyl (C=O) groups is 1. The second-order valence-corrected chi connectivity index (χ2v) is 7.22. The Balaban J connectivity index is 1.69. The van der Waals surface area contributed by atoms with E-state index < -0.39 is 0 Å². The second kappa shape index (κ2) is 8.20. The van der Waals surface area contributed by atoms with Crippen LogP contribution >= 0.6 is 0 Å². The molecule has 24 heavy (non-hydrogen) atoms. The number of aromatic nitrogens is 1. The molecule has 0 saturated heterocycles. The van der Waals surface area contributed by atoms with E-state index in [1.807, 2.05) is 20.0 Å². The number of aliphatic hydroxyl groups is 1. The van der Waals surface area contributed by atoms with Gasteiger partial charge in [0.05, 0.1) is 0 Å². The van der Waals surface area contributed by atoms with Gasteiger partial charge in [-0.15, -0.1) is 0 Å². The van der Waals surface area contributed by atoms with E-state index in [4.69, 9.17) is 0 Å².